The zero-order valence-corrected chi connectivity index (χ0v) is 18.4. The summed E-state index contributed by atoms with van der Waals surface area (Å²) in [6.45, 7) is 6.95. The van der Waals surface area contributed by atoms with E-state index in [2.05, 4.69) is 36.0 Å². The van der Waals surface area contributed by atoms with Crippen molar-refractivity contribution in [1.29, 1.82) is 0 Å². The van der Waals surface area contributed by atoms with Gasteiger partial charge in [-0.05, 0) is 43.0 Å². The van der Waals surface area contributed by atoms with Crippen molar-refractivity contribution in [2.24, 2.45) is 0 Å². The number of amides is 1. The fourth-order valence-electron chi connectivity index (χ4n) is 3.76. The monoisotopic (exact) mass is 426 g/mol. The highest BCUT2D eigenvalue weighted by Gasteiger charge is 2.33. The number of hydrogen-bond acceptors (Lipinski definition) is 4. The van der Waals surface area contributed by atoms with E-state index in [9.17, 15) is 4.79 Å². The summed E-state index contributed by atoms with van der Waals surface area (Å²) in [6, 6.07) is 9.38. The number of carbonyl (C=O) groups is 1. The molecule has 3 heterocycles. The highest BCUT2D eigenvalue weighted by molar-refractivity contribution is 6.30. The number of oxazole rings is 1. The number of aromatic nitrogens is 3. The van der Waals surface area contributed by atoms with Crippen LogP contribution in [-0.4, -0.2) is 32.5 Å². The maximum Gasteiger partial charge on any atom is 0.275 e. The van der Waals surface area contributed by atoms with Crippen LogP contribution in [0.4, 0.5) is 0 Å². The van der Waals surface area contributed by atoms with Crippen molar-refractivity contribution in [1.82, 2.24) is 20.1 Å². The number of H-pyrrole nitrogens is 1. The van der Waals surface area contributed by atoms with Crippen LogP contribution in [0.25, 0.3) is 0 Å². The average molecular weight is 427 g/mol. The molecule has 0 aliphatic carbocycles. The lowest BCUT2D eigenvalue weighted by Crippen LogP contribution is -2.38. The predicted molar refractivity (Wildman–Crippen MR) is 116 cm³/mol. The molecule has 0 radical (unpaired) electrons. The van der Waals surface area contributed by atoms with Crippen molar-refractivity contribution in [3.63, 3.8) is 0 Å². The van der Waals surface area contributed by atoms with E-state index in [4.69, 9.17) is 16.0 Å². The van der Waals surface area contributed by atoms with Crippen LogP contribution in [0.15, 0.2) is 40.9 Å². The van der Waals surface area contributed by atoms with E-state index in [1.54, 1.807) is 6.20 Å². The summed E-state index contributed by atoms with van der Waals surface area (Å²) in [5.41, 5.74) is 2.40. The second-order valence-corrected chi connectivity index (χ2v) is 9.33. The fraction of sp³-hybridized carbons (Fsp3) is 0.435. The molecule has 158 valence electrons. The van der Waals surface area contributed by atoms with Crippen molar-refractivity contribution in [2.45, 2.75) is 57.9 Å². The van der Waals surface area contributed by atoms with Gasteiger partial charge in [-0.2, -0.15) is 5.10 Å². The van der Waals surface area contributed by atoms with Crippen LogP contribution in [0.2, 0.25) is 5.02 Å². The smallest absolute Gasteiger partial charge is 0.275 e. The topological polar surface area (TPSA) is 75.0 Å². The molecule has 1 amide bonds. The van der Waals surface area contributed by atoms with Crippen LogP contribution in [-0.2, 0) is 11.8 Å². The molecule has 1 N–H and O–H groups in total. The number of benzene rings is 1. The average Bonchev–Trinajstić information content (AvgIpc) is 3.39. The maximum absolute atomic E-state index is 13.2. The third-order valence-electron chi connectivity index (χ3n) is 5.52. The van der Waals surface area contributed by atoms with E-state index in [0.717, 1.165) is 36.3 Å². The molecule has 0 saturated carbocycles. The molecule has 0 spiro atoms. The molecule has 0 unspecified atom stereocenters. The standard InChI is InChI=1S/C23H27ClN4O2/c1-23(2,3)20-13-18(26-27-20)22(29)28-11-5-4-6-19(28)21-25-14-17(30-21)12-15-7-9-16(24)10-8-15/h7-10,13-14,19H,4-6,11-12H2,1-3H3,(H,26,27)/t19-/m0/s1. The minimum atomic E-state index is -0.167. The fourth-order valence-corrected chi connectivity index (χ4v) is 3.88. The van der Waals surface area contributed by atoms with Crippen LogP contribution in [0, 0.1) is 0 Å². The first-order valence-electron chi connectivity index (χ1n) is 10.4. The number of aromatic amines is 1. The second-order valence-electron chi connectivity index (χ2n) is 8.90. The minimum absolute atomic E-state index is 0.0797. The number of piperidine rings is 1. The summed E-state index contributed by atoms with van der Waals surface area (Å²) in [7, 11) is 0. The molecule has 2 aromatic heterocycles. The third-order valence-corrected chi connectivity index (χ3v) is 5.77. The maximum atomic E-state index is 13.2. The Hall–Kier alpha value is -2.60. The Labute approximate surface area is 181 Å². The first kappa shape index (κ1) is 20.7. The highest BCUT2D eigenvalue weighted by Crippen LogP contribution is 2.32. The number of halogens is 1. The predicted octanol–water partition coefficient (Wildman–Crippen LogP) is 5.31. The Morgan fingerprint density at radius 3 is 2.73 bits per heavy atom. The molecule has 1 aliphatic rings. The molecule has 1 aliphatic heterocycles. The summed E-state index contributed by atoms with van der Waals surface area (Å²) in [5, 5.41) is 8.00. The number of likely N-dealkylation sites (tertiary alicyclic amines) is 1. The number of carbonyl (C=O) groups excluding carboxylic acids is 1. The lowest BCUT2D eigenvalue weighted by molar-refractivity contribution is 0.0564. The summed E-state index contributed by atoms with van der Waals surface area (Å²) < 4.78 is 6.07. The summed E-state index contributed by atoms with van der Waals surface area (Å²) in [4.78, 5) is 19.6. The van der Waals surface area contributed by atoms with Crippen LogP contribution in [0.1, 0.15) is 79.5 Å². The van der Waals surface area contributed by atoms with Crippen LogP contribution >= 0.6 is 11.6 Å². The first-order valence-corrected chi connectivity index (χ1v) is 10.7. The van der Waals surface area contributed by atoms with Gasteiger partial charge in [-0.3, -0.25) is 9.89 Å². The molecule has 0 bridgehead atoms. The Bertz CT molecular complexity index is 1020. The van der Waals surface area contributed by atoms with Crippen molar-refractivity contribution in [2.75, 3.05) is 6.54 Å². The zero-order valence-electron chi connectivity index (χ0n) is 17.6. The van der Waals surface area contributed by atoms with Crippen LogP contribution < -0.4 is 0 Å². The van der Waals surface area contributed by atoms with Gasteiger partial charge in [0.25, 0.3) is 5.91 Å². The van der Waals surface area contributed by atoms with E-state index in [1.807, 2.05) is 35.2 Å². The lowest BCUT2D eigenvalue weighted by atomic mass is 9.92. The molecule has 7 heteroatoms. The summed E-state index contributed by atoms with van der Waals surface area (Å²) >= 11 is 5.96. The van der Waals surface area contributed by atoms with Gasteiger partial charge in [0.1, 0.15) is 17.5 Å². The van der Waals surface area contributed by atoms with E-state index < -0.39 is 0 Å². The molecule has 1 atom stereocenters. The van der Waals surface area contributed by atoms with Crippen molar-refractivity contribution in [3.8, 4) is 0 Å². The lowest BCUT2D eigenvalue weighted by Gasteiger charge is -2.33. The van der Waals surface area contributed by atoms with Gasteiger partial charge in [-0.1, -0.05) is 44.5 Å². The van der Waals surface area contributed by atoms with E-state index in [0.29, 0.717) is 29.6 Å². The molecule has 1 saturated heterocycles. The van der Waals surface area contributed by atoms with E-state index in [1.165, 1.54) is 0 Å². The molecular weight excluding hydrogens is 400 g/mol. The van der Waals surface area contributed by atoms with Gasteiger partial charge in [-0.15, -0.1) is 0 Å². The Morgan fingerprint density at radius 2 is 2.03 bits per heavy atom. The van der Waals surface area contributed by atoms with Crippen LogP contribution in [0.3, 0.4) is 0 Å². The molecule has 3 aromatic rings. The zero-order chi connectivity index (χ0) is 21.3. The Morgan fingerprint density at radius 1 is 1.27 bits per heavy atom. The summed E-state index contributed by atoms with van der Waals surface area (Å²) in [6.07, 6.45) is 5.24. The number of rotatable bonds is 4. The van der Waals surface area contributed by atoms with Gasteiger partial charge < -0.3 is 9.32 Å². The largest absolute Gasteiger partial charge is 0.443 e. The van der Waals surface area contributed by atoms with Crippen molar-refractivity contribution in [3.05, 3.63) is 70.2 Å². The number of nitrogens with one attached hydrogen (secondary N) is 1. The van der Waals surface area contributed by atoms with Gasteiger partial charge in [-0.25, -0.2) is 4.98 Å². The molecule has 1 aromatic carbocycles. The van der Waals surface area contributed by atoms with Crippen molar-refractivity contribution < 1.29 is 9.21 Å². The van der Waals surface area contributed by atoms with Gasteiger partial charge in [0.15, 0.2) is 0 Å². The molecule has 4 rings (SSSR count). The van der Waals surface area contributed by atoms with Gasteiger partial charge in [0.05, 0.1) is 6.20 Å². The molecule has 6 nitrogen and oxygen atoms in total. The highest BCUT2D eigenvalue weighted by atomic mass is 35.5. The third kappa shape index (κ3) is 4.43. The first-order chi connectivity index (χ1) is 14.3. The summed E-state index contributed by atoms with van der Waals surface area (Å²) in [5.74, 6) is 1.29. The molecule has 1 fully saturated rings. The van der Waals surface area contributed by atoms with E-state index in [-0.39, 0.29) is 17.4 Å². The number of nitrogens with zero attached hydrogens (tertiary/aromatic N) is 3. The van der Waals surface area contributed by atoms with E-state index >= 15 is 0 Å². The van der Waals surface area contributed by atoms with Gasteiger partial charge in [0, 0.05) is 29.1 Å². The van der Waals surface area contributed by atoms with Crippen molar-refractivity contribution >= 4 is 17.5 Å². The SMILES string of the molecule is CC(C)(C)c1cc(C(=O)N2CCCC[C@H]2c2ncc(Cc3ccc(Cl)cc3)o2)n[nH]1. The quantitative estimate of drug-likeness (QED) is 0.613. The minimum Gasteiger partial charge on any atom is -0.443 e. The normalized spacial score (nSPS) is 17.3. The molecule has 30 heavy (non-hydrogen) atoms. The van der Waals surface area contributed by atoms with Gasteiger partial charge >= 0.3 is 0 Å². The van der Waals surface area contributed by atoms with Crippen LogP contribution in [0.5, 0.6) is 0 Å². The number of hydrogen-bond donors (Lipinski definition) is 1. The van der Waals surface area contributed by atoms with Gasteiger partial charge in [0.2, 0.25) is 5.89 Å². The second kappa shape index (κ2) is 8.26. The Balaban J connectivity index is 1.52. The molecular formula is C23H27ClN4O2. The Kier molecular flexibility index (Phi) is 5.69.